The first-order valence-corrected chi connectivity index (χ1v) is 10.6. The first-order valence-electron chi connectivity index (χ1n) is 9.14. The van der Waals surface area contributed by atoms with Crippen molar-refractivity contribution in [1.82, 2.24) is 14.5 Å². The van der Waals surface area contributed by atoms with E-state index in [2.05, 4.69) is 21.9 Å². The highest BCUT2D eigenvalue weighted by Crippen LogP contribution is 2.32. The van der Waals surface area contributed by atoms with Gasteiger partial charge in [0.1, 0.15) is 22.3 Å². The van der Waals surface area contributed by atoms with Crippen LogP contribution in [0, 0.1) is 0 Å². The SMILES string of the molecule is C=CCNc1ncnc2c(S(=O)(=O)c3ccccc3)cn(Cc3ccccc3)c12. The third-order valence-electron chi connectivity index (χ3n) is 4.57. The fourth-order valence-corrected chi connectivity index (χ4v) is 4.66. The normalized spacial score (nSPS) is 11.4. The van der Waals surface area contributed by atoms with Crippen molar-refractivity contribution in [3.8, 4) is 0 Å². The fourth-order valence-electron chi connectivity index (χ4n) is 3.22. The maximum absolute atomic E-state index is 13.3. The standard InChI is InChI=1S/C22H20N4O2S/c1-2-13-23-22-21-20(24-16-25-22)19(29(27,28)18-11-7-4-8-12-18)15-26(21)14-17-9-5-3-6-10-17/h2-12,15-16H,1,13-14H2,(H,23,24,25). The van der Waals surface area contributed by atoms with Gasteiger partial charge < -0.3 is 9.88 Å². The van der Waals surface area contributed by atoms with Gasteiger partial charge in [0.15, 0.2) is 5.82 Å². The second-order valence-electron chi connectivity index (χ2n) is 6.51. The van der Waals surface area contributed by atoms with Gasteiger partial charge in [-0.15, -0.1) is 6.58 Å². The van der Waals surface area contributed by atoms with Crippen molar-refractivity contribution < 1.29 is 8.42 Å². The molecular weight excluding hydrogens is 384 g/mol. The summed E-state index contributed by atoms with van der Waals surface area (Å²) in [7, 11) is -3.73. The number of aromatic nitrogens is 3. The zero-order valence-electron chi connectivity index (χ0n) is 15.7. The molecule has 0 atom stereocenters. The van der Waals surface area contributed by atoms with Crippen molar-refractivity contribution in [3.05, 3.63) is 91.4 Å². The molecule has 0 saturated carbocycles. The van der Waals surface area contributed by atoms with Crippen molar-refractivity contribution in [2.45, 2.75) is 16.3 Å². The molecule has 2 aromatic carbocycles. The molecule has 0 bridgehead atoms. The smallest absolute Gasteiger partial charge is 0.210 e. The lowest BCUT2D eigenvalue weighted by atomic mass is 10.2. The quantitative estimate of drug-likeness (QED) is 0.473. The molecule has 0 aliphatic carbocycles. The third kappa shape index (κ3) is 3.64. The Morgan fingerprint density at radius 3 is 2.38 bits per heavy atom. The topological polar surface area (TPSA) is 76.9 Å². The first-order chi connectivity index (χ1) is 14.1. The number of anilines is 1. The van der Waals surface area contributed by atoms with Crippen LogP contribution in [0.15, 0.2) is 95.6 Å². The van der Waals surface area contributed by atoms with Crippen molar-refractivity contribution >= 4 is 26.7 Å². The van der Waals surface area contributed by atoms with Crippen molar-refractivity contribution in [2.24, 2.45) is 0 Å². The van der Waals surface area contributed by atoms with Crippen molar-refractivity contribution in [3.63, 3.8) is 0 Å². The van der Waals surface area contributed by atoms with E-state index in [-0.39, 0.29) is 9.79 Å². The van der Waals surface area contributed by atoms with Gasteiger partial charge in [-0.1, -0.05) is 54.6 Å². The van der Waals surface area contributed by atoms with E-state index in [0.29, 0.717) is 29.9 Å². The molecule has 4 aromatic rings. The van der Waals surface area contributed by atoms with Crippen LogP contribution in [0.4, 0.5) is 5.82 Å². The summed E-state index contributed by atoms with van der Waals surface area (Å²) in [4.78, 5) is 9.06. The van der Waals surface area contributed by atoms with Gasteiger partial charge >= 0.3 is 0 Å². The Hall–Kier alpha value is -3.45. The van der Waals surface area contributed by atoms with Crippen LogP contribution in [0.1, 0.15) is 5.56 Å². The highest BCUT2D eigenvalue weighted by Gasteiger charge is 2.26. The van der Waals surface area contributed by atoms with Crippen LogP contribution in [-0.4, -0.2) is 29.5 Å². The Morgan fingerprint density at radius 1 is 1.00 bits per heavy atom. The number of benzene rings is 2. The second-order valence-corrected chi connectivity index (χ2v) is 8.43. The van der Waals surface area contributed by atoms with Crippen LogP contribution in [0.25, 0.3) is 11.0 Å². The summed E-state index contributed by atoms with van der Waals surface area (Å²) in [5.74, 6) is 0.570. The molecule has 0 amide bonds. The maximum Gasteiger partial charge on any atom is 0.210 e. The van der Waals surface area contributed by atoms with E-state index in [4.69, 9.17) is 0 Å². The number of nitrogens with one attached hydrogen (secondary N) is 1. The zero-order valence-corrected chi connectivity index (χ0v) is 16.5. The number of sulfone groups is 1. The van der Waals surface area contributed by atoms with Crippen LogP contribution in [-0.2, 0) is 16.4 Å². The molecule has 0 unspecified atom stereocenters. The van der Waals surface area contributed by atoms with E-state index in [1.165, 1.54) is 6.33 Å². The van der Waals surface area contributed by atoms with Crippen molar-refractivity contribution in [2.75, 3.05) is 11.9 Å². The van der Waals surface area contributed by atoms with Gasteiger partial charge in [-0.2, -0.15) is 0 Å². The van der Waals surface area contributed by atoms with Gasteiger partial charge in [0.2, 0.25) is 9.84 Å². The van der Waals surface area contributed by atoms with Gasteiger partial charge in [0.25, 0.3) is 0 Å². The van der Waals surface area contributed by atoms with E-state index in [1.807, 2.05) is 34.9 Å². The predicted octanol–water partition coefficient (Wildman–Crippen LogP) is 3.91. The molecule has 146 valence electrons. The number of fused-ring (bicyclic) bond motifs is 1. The highest BCUT2D eigenvalue weighted by molar-refractivity contribution is 7.91. The molecule has 6 nitrogen and oxygen atoms in total. The van der Waals surface area contributed by atoms with Crippen LogP contribution in [0.2, 0.25) is 0 Å². The summed E-state index contributed by atoms with van der Waals surface area (Å²) >= 11 is 0. The summed E-state index contributed by atoms with van der Waals surface area (Å²) in [5, 5.41) is 3.18. The molecule has 0 radical (unpaired) electrons. The molecule has 1 N–H and O–H groups in total. The first kappa shape index (κ1) is 18.9. The summed E-state index contributed by atoms with van der Waals surface area (Å²) in [6.07, 6.45) is 4.75. The fraction of sp³-hybridized carbons (Fsp3) is 0.0909. The summed E-state index contributed by atoms with van der Waals surface area (Å²) in [6, 6.07) is 18.2. The largest absolute Gasteiger partial charge is 0.365 e. The Kier molecular flexibility index (Phi) is 5.14. The van der Waals surface area contributed by atoms with Gasteiger partial charge in [0.05, 0.1) is 4.90 Å². The van der Waals surface area contributed by atoms with E-state index in [9.17, 15) is 8.42 Å². The zero-order chi connectivity index (χ0) is 20.3. The third-order valence-corrected chi connectivity index (χ3v) is 6.34. The molecule has 29 heavy (non-hydrogen) atoms. The van der Waals surface area contributed by atoms with Gasteiger partial charge in [-0.05, 0) is 17.7 Å². The molecule has 7 heteroatoms. The molecule has 0 aliphatic rings. The summed E-state index contributed by atoms with van der Waals surface area (Å²) in [6.45, 7) is 4.72. The predicted molar refractivity (Wildman–Crippen MR) is 114 cm³/mol. The lowest BCUT2D eigenvalue weighted by Crippen LogP contribution is -2.05. The van der Waals surface area contributed by atoms with E-state index in [0.717, 1.165) is 5.56 Å². The average Bonchev–Trinajstić information content (AvgIpc) is 3.13. The minimum absolute atomic E-state index is 0.165. The van der Waals surface area contributed by atoms with E-state index < -0.39 is 9.84 Å². The molecule has 0 spiro atoms. The van der Waals surface area contributed by atoms with Crippen LogP contribution < -0.4 is 5.32 Å². The monoisotopic (exact) mass is 404 g/mol. The Bertz CT molecular complexity index is 1250. The summed E-state index contributed by atoms with van der Waals surface area (Å²) in [5.41, 5.74) is 2.09. The maximum atomic E-state index is 13.3. The Labute approximate surface area is 169 Å². The van der Waals surface area contributed by atoms with Crippen LogP contribution in [0.5, 0.6) is 0 Å². The lowest BCUT2D eigenvalue weighted by molar-refractivity contribution is 0.596. The molecule has 0 aliphatic heterocycles. The van der Waals surface area contributed by atoms with Crippen molar-refractivity contribution in [1.29, 1.82) is 0 Å². The van der Waals surface area contributed by atoms with Crippen LogP contribution in [0.3, 0.4) is 0 Å². The Morgan fingerprint density at radius 2 is 1.69 bits per heavy atom. The minimum Gasteiger partial charge on any atom is -0.365 e. The van der Waals surface area contributed by atoms with Crippen LogP contribution >= 0.6 is 0 Å². The average molecular weight is 404 g/mol. The van der Waals surface area contributed by atoms with Gasteiger partial charge in [-0.3, -0.25) is 0 Å². The molecular formula is C22H20N4O2S. The highest BCUT2D eigenvalue weighted by atomic mass is 32.2. The number of rotatable bonds is 7. The number of hydrogen-bond acceptors (Lipinski definition) is 5. The number of nitrogens with zero attached hydrogens (tertiary/aromatic N) is 3. The lowest BCUT2D eigenvalue weighted by Gasteiger charge is -2.09. The Balaban J connectivity index is 1.93. The molecule has 2 aromatic heterocycles. The molecule has 0 saturated heterocycles. The minimum atomic E-state index is -3.73. The molecule has 4 rings (SSSR count). The number of hydrogen-bond donors (Lipinski definition) is 1. The summed E-state index contributed by atoms with van der Waals surface area (Å²) < 4.78 is 28.5. The molecule has 0 fully saturated rings. The van der Waals surface area contributed by atoms with E-state index in [1.54, 1.807) is 42.6 Å². The van der Waals surface area contributed by atoms with Gasteiger partial charge in [-0.25, -0.2) is 18.4 Å². The van der Waals surface area contributed by atoms with Gasteiger partial charge in [0, 0.05) is 19.3 Å². The second kappa shape index (κ2) is 7.89. The van der Waals surface area contributed by atoms with E-state index >= 15 is 0 Å². The molecule has 2 heterocycles.